The third kappa shape index (κ3) is 14.8. The van der Waals surface area contributed by atoms with E-state index in [0.717, 1.165) is 23.4 Å². The second-order valence-electron chi connectivity index (χ2n) is 13.0. The zero-order valence-electron chi connectivity index (χ0n) is 31.7. The quantitative estimate of drug-likeness (QED) is 0.0290. The minimum absolute atomic E-state index is 0.0611. The fraction of sp³-hybridized carbons (Fsp3) is 0.390. The van der Waals surface area contributed by atoms with E-state index in [1.165, 1.54) is 20.9 Å². The Kier molecular flexibility index (Phi) is 17.6. The number of amides is 2. The number of thioether (sulfide) groups is 1. The van der Waals surface area contributed by atoms with Crippen LogP contribution in [0.15, 0.2) is 107 Å². The molecule has 0 radical (unpaired) electrons. The van der Waals surface area contributed by atoms with E-state index < -0.39 is 10.0 Å². The molecule has 0 spiro atoms. The Morgan fingerprint density at radius 3 is 2.30 bits per heavy atom. The van der Waals surface area contributed by atoms with Gasteiger partial charge >= 0.3 is 5.91 Å². The molecule has 0 aliphatic rings. The maximum atomic E-state index is 12.7. The molecule has 3 aromatic carbocycles. The number of hydrazine groups is 1. The van der Waals surface area contributed by atoms with Crippen molar-refractivity contribution in [3.05, 3.63) is 108 Å². The molecule has 53 heavy (non-hydrogen) atoms. The van der Waals surface area contributed by atoms with Crippen molar-refractivity contribution in [1.29, 1.82) is 0 Å². The number of carbonyl (C=O) groups is 2. The van der Waals surface area contributed by atoms with Crippen LogP contribution >= 0.6 is 21.8 Å². The first-order valence-corrected chi connectivity index (χ1v) is 21.7. The predicted molar refractivity (Wildman–Crippen MR) is 217 cm³/mol. The molecule has 1 aromatic heterocycles. The van der Waals surface area contributed by atoms with Crippen LogP contribution in [0.1, 0.15) is 43.1 Å². The molecule has 10 nitrogen and oxygen atoms in total. The van der Waals surface area contributed by atoms with Crippen LogP contribution in [0, 0.1) is 0 Å². The van der Waals surface area contributed by atoms with Crippen molar-refractivity contribution in [2.75, 3.05) is 63.2 Å². The lowest BCUT2D eigenvalue weighted by molar-refractivity contribution is -0.684. The van der Waals surface area contributed by atoms with Crippen LogP contribution in [0.4, 0.5) is 5.69 Å². The smallest absolute Gasteiger partial charge is 0.304 e. The number of aromatic nitrogens is 1. The second kappa shape index (κ2) is 22.3. The molecule has 1 atom stereocenters. The maximum Gasteiger partial charge on any atom is 0.304 e. The third-order valence-corrected chi connectivity index (χ3v) is 12.9. The number of anilines is 1. The first kappa shape index (κ1) is 41.8. The fourth-order valence-electron chi connectivity index (χ4n) is 5.04. The number of rotatable bonds is 23. The van der Waals surface area contributed by atoms with Gasteiger partial charge in [-0.05, 0) is 94.8 Å². The summed E-state index contributed by atoms with van der Waals surface area (Å²) < 4.78 is 12.9. The van der Waals surface area contributed by atoms with Gasteiger partial charge in [-0.2, -0.15) is 10.0 Å². The molecule has 0 bridgehead atoms. The molecule has 2 amide bonds. The largest absolute Gasteiger partial charge is 0.378 e. The van der Waals surface area contributed by atoms with Gasteiger partial charge in [-0.25, -0.2) is 10.0 Å². The Bertz CT molecular complexity index is 1710. The van der Waals surface area contributed by atoms with Gasteiger partial charge < -0.3 is 14.8 Å². The summed E-state index contributed by atoms with van der Waals surface area (Å²) >= 11 is 1.91. The van der Waals surface area contributed by atoms with Crippen molar-refractivity contribution in [2.24, 2.45) is 0 Å². The highest BCUT2D eigenvalue weighted by Gasteiger charge is 2.15. The van der Waals surface area contributed by atoms with Gasteiger partial charge in [0.2, 0.25) is 6.54 Å². The standard InChI is InChI=1S/C41H55N5O5S2/c1-6-32(3)52-38-17-13-34(14-18-38)35-11-8-10-33(28-35)31-51-43-22-25-50-27-26-49-24-21-42-41(48)36-12-9-23-46(29-36)30-40(47)45-44-37-15-19-39(20-16-37)53(4,5)7-2/h8-20,23,28-29,32,43-44H,6-7,21-22,24-27,30-31H2,1-5H3,(H-,42,45,47,48)/p+1. The highest BCUT2D eigenvalue weighted by molar-refractivity contribution is 8.32. The van der Waals surface area contributed by atoms with Crippen LogP contribution in [0.25, 0.3) is 11.1 Å². The van der Waals surface area contributed by atoms with E-state index in [9.17, 15) is 9.59 Å². The second-order valence-corrected chi connectivity index (χ2v) is 18.7. The predicted octanol–water partition coefficient (Wildman–Crippen LogP) is 6.60. The number of pyridine rings is 1. The van der Waals surface area contributed by atoms with Crippen LogP contribution in [-0.2, 0) is 32.3 Å². The minimum Gasteiger partial charge on any atom is -0.378 e. The molecule has 0 saturated carbocycles. The van der Waals surface area contributed by atoms with Gasteiger partial charge in [-0.15, -0.1) is 11.8 Å². The number of benzene rings is 3. The molecular formula is C41H56N5O5S2+. The maximum absolute atomic E-state index is 12.7. The van der Waals surface area contributed by atoms with E-state index in [2.05, 4.69) is 116 Å². The molecule has 4 rings (SSSR count). The molecular weight excluding hydrogens is 707 g/mol. The highest BCUT2D eigenvalue weighted by Crippen LogP contribution is 2.48. The van der Waals surface area contributed by atoms with E-state index in [0.29, 0.717) is 56.9 Å². The number of nitrogens with one attached hydrogen (secondary N) is 4. The number of carbonyl (C=O) groups excluding carboxylic acids is 2. The summed E-state index contributed by atoms with van der Waals surface area (Å²) in [5, 5.41) is 3.46. The third-order valence-electron chi connectivity index (χ3n) is 8.63. The number of nitrogens with zero attached hydrogens (tertiary/aromatic N) is 1. The Labute approximate surface area is 321 Å². The van der Waals surface area contributed by atoms with Gasteiger partial charge in [0.05, 0.1) is 38.7 Å². The molecule has 286 valence electrons. The molecule has 12 heteroatoms. The van der Waals surface area contributed by atoms with Crippen LogP contribution in [-0.4, -0.2) is 74.8 Å². The Hall–Kier alpha value is -3.91. The van der Waals surface area contributed by atoms with Gasteiger partial charge in [-0.1, -0.05) is 51.1 Å². The summed E-state index contributed by atoms with van der Waals surface area (Å²) in [6.45, 7) is 9.78. The number of hydrogen-bond donors (Lipinski definition) is 4. The average molecular weight is 763 g/mol. The van der Waals surface area contributed by atoms with Gasteiger partial charge in [-0.3, -0.25) is 25.3 Å². The van der Waals surface area contributed by atoms with Crippen LogP contribution in [0.3, 0.4) is 0 Å². The van der Waals surface area contributed by atoms with Crippen LogP contribution in [0.2, 0.25) is 0 Å². The van der Waals surface area contributed by atoms with Gasteiger partial charge in [0.15, 0.2) is 12.4 Å². The van der Waals surface area contributed by atoms with E-state index in [4.69, 9.17) is 14.3 Å². The highest BCUT2D eigenvalue weighted by atomic mass is 32.3. The number of ether oxygens (including phenoxy) is 2. The average Bonchev–Trinajstić information content (AvgIpc) is 3.18. The fourth-order valence-corrected chi connectivity index (χ4v) is 7.17. The van der Waals surface area contributed by atoms with Crippen LogP contribution in [0.5, 0.6) is 0 Å². The van der Waals surface area contributed by atoms with Gasteiger partial charge in [0, 0.05) is 29.3 Å². The lowest BCUT2D eigenvalue weighted by Gasteiger charge is -2.30. The summed E-state index contributed by atoms with van der Waals surface area (Å²) in [6.07, 6.45) is 9.14. The minimum atomic E-state index is -0.799. The molecule has 4 N–H and O–H groups in total. The van der Waals surface area contributed by atoms with Crippen molar-refractivity contribution in [2.45, 2.75) is 55.4 Å². The van der Waals surface area contributed by atoms with E-state index in [1.807, 2.05) is 23.9 Å². The number of hydrogen-bond acceptors (Lipinski definition) is 8. The summed E-state index contributed by atoms with van der Waals surface area (Å²) in [6, 6.07) is 28.7. The molecule has 0 aliphatic carbocycles. The summed E-state index contributed by atoms with van der Waals surface area (Å²) in [5.41, 5.74) is 13.4. The van der Waals surface area contributed by atoms with Gasteiger partial charge in [0.1, 0.15) is 5.56 Å². The molecule has 1 heterocycles. The Morgan fingerprint density at radius 2 is 1.58 bits per heavy atom. The topological polar surface area (TPSA) is 114 Å². The molecule has 4 aromatic rings. The van der Waals surface area contributed by atoms with Crippen LogP contribution < -0.4 is 26.2 Å². The molecule has 0 aliphatic heterocycles. The van der Waals surface area contributed by atoms with E-state index in [1.54, 1.807) is 29.1 Å². The normalized spacial score (nSPS) is 12.2. The Balaban J connectivity index is 1.02. The van der Waals surface area contributed by atoms with E-state index >= 15 is 0 Å². The molecule has 0 fully saturated rings. The molecule has 0 saturated heterocycles. The first-order chi connectivity index (χ1) is 25.7. The van der Waals surface area contributed by atoms with Crippen molar-refractivity contribution in [1.82, 2.24) is 16.2 Å². The van der Waals surface area contributed by atoms with Gasteiger partial charge in [0.25, 0.3) is 5.91 Å². The van der Waals surface area contributed by atoms with Crippen molar-refractivity contribution < 1.29 is 28.5 Å². The van der Waals surface area contributed by atoms with E-state index in [-0.39, 0.29) is 18.4 Å². The van der Waals surface area contributed by atoms with Crippen molar-refractivity contribution >= 4 is 39.3 Å². The zero-order chi connectivity index (χ0) is 37.9. The zero-order valence-corrected chi connectivity index (χ0v) is 33.3. The SMILES string of the molecule is CCC(C)Sc1ccc(-c2cccc(CONCCOCCOCCNC(=O)c3ccc[n+](CC(=O)NNc4ccc(S(C)(C)CC)cc4)c3)c2)cc1. The molecule has 1 unspecified atom stereocenters. The Morgan fingerprint density at radius 1 is 0.849 bits per heavy atom. The van der Waals surface area contributed by atoms with Crippen molar-refractivity contribution in [3.8, 4) is 11.1 Å². The summed E-state index contributed by atoms with van der Waals surface area (Å²) in [4.78, 5) is 33.5. The first-order valence-electron chi connectivity index (χ1n) is 18.2. The lowest BCUT2D eigenvalue weighted by atomic mass is 10.0. The number of hydroxylamine groups is 1. The summed E-state index contributed by atoms with van der Waals surface area (Å²) in [5.74, 6) is 0.653. The van der Waals surface area contributed by atoms with Crippen molar-refractivity contribution in [3.63, 3.8) is 0 Å². The summed E-state index contributed by atoms with van der Waals surface area (Å²) in [7, 11) is -0.799. The monoisotopic (exact) mass is 762 g/mol. The lowest BCUT2D eigenvalue weighted by Crippen LogP contribution is -2.45.